The van der Waals surface area contributed by atoms with Crippen LogP contribution in [-0.4, -0.2) is 28.9 Å². The van der Waals surface area contributed by atoms with Crippen LogP contribution >= 0.6 is 0 Å². The number of fused-ring (bicyclic) bond motifs is 1. The molecule has 2 aromatic rings. The molecule has 1 aliphatic rings. The van der Waals surface area contributed by atoms with Gasteiger partial charge >= 0.3 is 5.97 Å². The maximum absolute atomic E-state index is 14.3. The van der Waals surface area contributed by atoms with Gasteiger partial charge in [0.15, 0.2) is 17.3 Å². The Labute approximate surface area is 144 Å². The SMILES string of the molecule is CCOC(=O)c1nn(-c2c(F)cccc2F)c2c1C(CCN)CCC2. The predicted molar refractivity (Wildman–Crippen MR) is 88.8 cm³/mol. The molecule has 2 N–H and O–H groups in total. The van der Waals surface area contributed by atoms with Gasteiger partial charge < -0.3 is 10.5 Å². The fourth-order valence-electron chi connectivity index (χ4n) is 3.51. The zero-order valence-corrected chi connectivity index (χ0v) is 14.1. The summed E-state index contributed by atoms with van der Waals surface area (Å²) in [6.45, 7) is 2.37. The van der Waals surface area contributed by atoms with E-state index < -0.39 is 17.6 Å². The molecule has 0 amide bonds. The van der Waals surface area contributed by atoms with E-state index in [4.69, 9.17) is 10.5 Å². The van der Waals surface area contributed by atoms with E-state index >= 15 is 0 Å². The summed E-state index contributed by atoms with van der Waals surface area (Å²) >= 11 is 0. The first-order valence-electron chi connectivity index (χ1n) is 8.51. The maximum atomic E-state index is 14.3. The van der Waals surface area contributed by atoms with Crippen LogP contribution < -0.4 is 5.73 Å². The molecule has 0 saturated heterocycles. The van der Waals surface area contributed by atoms with Crippen molar-refractivity contribution in [3.8, 4) is 5.69 Å². The number of hydrogen-bond acceptors (Lipinski definition) is 4. The van der Waals surface area contributed by atoms with Gasteiger partial charge in [0.25, 0.3) is 0 Å². The van der Waals surface area contributed by atoms with Gasteiger partial charge in [-0.15, -0.1) is 0 Å². The number of benzene rings is 1. The summed E-state index contributed by atoms with van der Waals surface area (Å²) in [6.07, 6.45) is 2.99. The molecule has 1 unspecified atom stereocenters. The maximum Gasteiger partial charge on any atom is 0.359 e. The van der Waals surface area contributed by atoms with Crippen LogP contribution in [0.2, 0.25) is 0 Å². The molecule has 25 heavy (non-hydrogen) atoms. The summed E-state index contributed by atoms with van der Waals surface area (Å²) in [5.74, 6) is -1.97. The minimum Gasteiger partial charge on any atom is -0.461 e. The average molecular weight is 349 g/mol. The summed E-state index contributed by atoms with van der Waals surface area (Å²) < 4.78 is 34.9. The lowest BCUT2D eigenvalue weighted by Crippen LogP contribution is -2.17. The van der Waals surface area contributed by atoms with Crippen molar-refractivity contribution in [3.63, 3.8) is 0 Å². The van der Waals surface area contributed by atoms with Gasteiger partial charge in [0.1, 0.15) is 5.69 Å². The normalized spacial score (nSPS) is 16.6. The Balaban J connectivity index is 2.21. The molecule has 0 saturated carbocycles. The molecule has 7 heteroatoms. The number of carbonyl (C=O) groups is 1. The highest BCUT2D eigenvalue weighted by molar-refractivity contribution is 5.89. The second kappa shape index (κ2) is 7.31. The summed E-state index contributed by atoms with van der Waals surface area (Å²) in [4.78, 5) is 12.4. The number of hydrogen-bond donors (Lipinski definition) is 1. The number of para-hydroxylation sites is 1. The number of aromatic nitrogens is 2. The molecule has 0 spiro atoms. The molecule has 0 fully saturated rings. The van der Waals surface area contributed by atoms with Crippen LogP contribution in [0.1, 0.15) is 53.8 Å². The molecule has 1 aliphatic carbocycles. The second-order valence-corrected chi connectivity index (χ2v) is 6.08. The zero-order chi connectivity index (χ0) is 18.0. The van der Waals surface area contributed by atoms with Crippen LogP contribution in [0.4, 0.5) is 8.78 Å². The third kappa shape index (κ3) is 3.16. The summed E-state index contributed by atoms with van der Waals surface area (Å²) in [5.41, 5.74) is 6.96. The van der Waals surface area contributed by atoms with Crippen LogP contribution in [0.5, 0.6) is 0 Å². The van der Waals surface area contributed by atoms with E-state index in [0.717, 1.165) is 18.4 Å². The molecule has 0 radical (unpaired) electrons. The Hall–Kier alpha value is -2.28. The first-order valence-corrected chi connectivity index (χ1v) is 8.51. The Morgan fingerprint density at radius 2 is 2.12 bits per heavy atom. The summed E-state index contributed by atoms with van der Waals surface area (Å²) in [5, 5.41) is 4.26. The van der Waals surface area contributed by atoms with Crippen LogP contribution in [0, 0.1) is 11.6 Å². The van der Waals surface area contributed by atoms with Gasteiger partial charge in [-0.05, 0) is 57.2 Å². The third-order valence-corrected chi connectivity index (χ3v) is 4.53. The van der Waals surface area contributed by atoms with E-state index in [-0.39, 0.29) is 23.9 Å². The highest BCUT2D eigenvalue weighted by atomic mass is 19.1. The third-order valence-electron chi connectivity index (χ3n) is 4.53. The highest BCUT2D eigenvalue weighted by Gasteiger charge is 2.33. The molecule has 0 aliphatic heterocycles. The lowest BCUT2D eigenvalue weighted by molar-refractivity contribution is 0.0516. The highest BCUT2D eigenvalue weighted by Crippen LogP contribution is 2.38. The molecular weight excluding hydrogens is 328 g/mol. The Morgan fingerprint density at radius 3 is 2.76 bits per heavy atom. The molecule has 1 heterocycles. The standard InChI is InChI=1S/C18H21F2N3O2/c1-2-25-18(24)16-15-11(9-10-21)5-3-8-14(15)23(22-16)17-12(19)6-4-7-13(17)20/h4,6-7,11H,2-3,5,8-10,21H2,1H3. The fraction of sp³-hybridized carbons (Fsp3) is 0.444. The van der Waals surface area contributed by atoms with E-state index in [1.54, 1.807) is 6.92 Å². The smallest absolute Gasteiger partial charge is 0.359 e. The van der Waals surface area contributed by atoms with Gasteiger partial charge in [0, 0.05) is 11.3 Å². The van der Waals surface area contributed by atoms with Gasteiger partial charge in [-0.1, -0.05) is 6.07 Å². The van der Waals surface area contributed by atoms with E-state index in [9.17, 15) is 13.6 Å². The van der Waals surface area contributed by atoms with Crippen molar-refractivity contribution in [1.82, 2.24) is 9.78 Å². The molecule has 134 valence electrons. The van der Waals surface area contributed by atoms with E-state index in [2.05, 4.69) is 5.10 Å². The quantitative estimate of drug-likeness (QED) is 0.842. The van der Waals surface area contributed by atoms with Gasteiger partial charge in [-0.25, -0.2) is 18.3 Å². The molecular formula is C18H21F2N3O2. The number of ether oxygens (including phenoxy) is 1. The Kier molecular flexibility index (Phi) is 5.13. The lowest BCUT2D eigenvalue weighted by Gasteiger charge is -2.23. The number of esters is 1. The Bertz CT molecular complexity index is 769. The molecule has 3 rings (SSSR count). The van der Waals surface area contributed by atoms with Crippen LogP contribution in [0.15, 0.2) is 18.2 Å². The van der Waals surface area contributed by atoms with E-state index in [1.807, 2.05) is 0 Å². The van der Waals surface area contributed by atoms with Crippen molar-refractivity contribution in [2.24, 2.45) is 5.73 Å². The van der Waals surface area contributed by atoms with Crippen LogP contribution in [0.25, 0.3) is 5.69 Å². The van der Waals surface area contributed by atoms with Gasteiger partial charge in [-0.2, -0.15) is 5.10 Å². The molecule has 1 aromatic carbocycles. The van der Waals surface area contributed by atoms with Gasteiger partial charge in [0.2, 0.25) is 0 Å². The molecule has 5 nitrogen and oxygen atoms in total. The van der Waals surface area contributed by atoms with Crippen molar-refractivity contribution >= 4 is 5.97 Å². The first kappa shape index (κ1) is 17.5. The number of halogens is 2. The lowest BCUT2D eigenvalue weighted by atomic mass is 9.83. The van der Waals surface area contributed by atoms with Crippen molar-refractivity contribution in [2.45, 2.75) is 38.5 Å². The fourth-order valence-corrected chi connectivity index (χ4v) is 3.51. The summed E-state index contributed by atoms with van der Waals surface area (Å²) in [6, 6.07) is 3.65. The molecule has 0 bridgehead atoms. The monoisotopic (exact) mass is 349 g/mol. The molecule has 1 atom stereocenters. The largest absolute Gasteiger partial charge is 0.461 e. The molecule has 1 aromatic heterocycles. The zero-order valence-electron chi connectivity index (χ0n) is 14.1. The topological polar surface area (TPSA) is 70.1 Å². The van der Waals surface area contributed by atoms with E-state index in [1.165, 1.54) is 22.9 Å². The van der Waals surface area contributed by atoms with Crippen molar-refractivity contribution in [3.05, 3.63) is 46.8 Å². The number of carbonyl (C=O) groups excluding carboxylic acids is 1. The van der Waals surface area contributed by atoms with Crippen molar-refractivity contribution in [2.75, 3.05) is 13.2 Å². The Morgan fingerprint density at radius 1 is 1.40 bits per heavy atom. The first-order chi connectivity index (χ1) is 12.1. The number of rotatable bonds is 5. The number of nitrogens with zero attached hydrogens (tertiary/aromatic N) is 2. The minimum absolute atomic E-state index is 0.0386. The minimum atomic E-state index is -0.721. The van der Waals surface area contributed by atoms with Crippen molar-refractivity contribution < 1.29 is 18.3 Å². The summed E-state index contributed by atoms with van der Waals surface area (Å²) in [7, 11) is 0. The number of nitrogens with two attached hydrogens (primary N) is 1. The predicted octanol–water partition coefficient (Wildman–Crippen LogP) is 3.10. The van der Waals surface area contributed by atoms with E-state index in [0.29, 0.717) is 25.1 Å². The van der Waals surface area contributed by atoms with Crippen LogP contribution in [-0.2, 0) is 11.2 Å². The average Bonchev–Trinajstić information content (AvgIpc) is 2.96. The van der Waals surface area contributed by atoms with Gasteiger partial charge in [0.05, 0.1) is 6.61 Å². The van der Waals surface area contributed by atoms with Crippen molar-refractivity contribution in [1.29, 1.82) is 0 Å². The van der Waals surface area contributed by atoms with Gasteiger partial charge in [-0.3, -0.25) is 0 Å². The second-order valence-electron chi connectivity index (χ2n) is 6.08. The van der Waals surface area contributed by atoms with Crippen LogP contribution in [0.3, 0.4) is 0 Å².